The number of H-pyrrole nitrogens is 1. The molecule has 0 unspecified atom stereocenters. The van der Waals surface area contributed by atoms with E-state index in [0.29, 0.717) is 11.4 Å². The fourth-order valence-corrected chi connectivity index (χ4v) is 2.30. The third-order valence-corrected chi connectivity index (χ3v) is 3.52. The first kappa shape index (κ1) is 16.8. The molecule has 1 aromatic carbocycles. The molecule has 0 fully saturated rings. The SMILES string of the molecule is Cc1cnc(Cl)cc1NC(=O)Nc1cc(-c2cc(F)cc(F)c2)[nH]n1. The predicted molar refractivity (Wildman–Crippen MR) is 90.6 cm³/mol. The Balaban J connectivity index is 1.72. The second-order valence-electron chi connectivity index (χ2n) is 5.23. The molecule has 0 bridgehead atoms. The van der Waals surface area contributed by atoms with Gasteiger partial charge in [0.2, 0.25) is 0 Å². The molecule has 3 rings (SSSR count). The van der Waals surface area contributed by atoms with Crippen molar-refractivity contribution >= 4 is 29.1 Å². The van der Waals surface area contributed by atoms with Crippen LogP contribution in [0.15, 0.2) is 36.5 Å². The maximum absolute atomic E-state index is 13.3. The van der Waals surface area contributed by atoms with Crippen LogP contribution in [0.25, 0.3) is 11.3 Å². The molecule has 0 saturated heterocycles. The van der Waals surface area contributed by atoms with Gasteiger partial charge in [0.25, 0.3) is 0 Å². The molecule has 128 valence electrons. The number of nitrogens with zero attached hydrogens (tertiary/aromatic N) is 2. The smallest absolute Gasteiger partial charge is 0.307 e. The van der Waals surface area contributed by atoms with Crippen LogP contribution in [0.5, 0.6) is 0 Å². The molecule has 0 saturated carbocycles. The minimum Gasteiger partial charge on any atom is -0.307 e. The predicted octanol–water partition coefficient (Wildman–Crippen LogP) is 4.36. The van der Waals surface area contributed by atoms with E-state index in [4.69, 9.17) is 11.6 Å². The molecular formula is C16H12ClF2N5O. The number of rotatable bonds is 3. The van der Waals surface area contributed by atoms with Crippen LogP contribution in [-0.4, -0.2) is 21.2 Å². The highest BCUT2D eigenvalue weighted by molar-refractivity contribution is 6.29. The van der Waals surface area contributed by atoms with Crippen molar-refractivity contribution in [2.24, 2.45) is 0 Å². The Morgan fingerprint density at radius 2 is 1.84 bits per heavy atom. The van der Waals surface area contributed by atoms with Crippen molar-refractivity contribution in [1.82, 2.24) is 15.2 Å². The van der Waals surface area contributed by atoms with Crippen LogP contribution < -0.4 is 10.6 Å². The molecule has 0 aliphatic heterocycles. The van der Waals surface area contributed by atoms with Gasteiger partial charge in [-0.25, -0.2) is 18.6 Å². The van der Waals surface area contributed by atoms with Crippen molar-refractivity contribution in [3.05, 3.63) is 58.9 Å². The number of pyridine rings is 1. The van der Waals surface area contributed by atoms with Crippen molar-refractivity contribution < 1.29 is 13.6 Å². The summed E-state index contributed by atoms with van der Waals surface area (Å²) in [6, 6.07) is 5.51. The highest BCUT2D eigenvalue weighted by atomic mass is 35.5. The van der Waals surface area contributed by atoms with Crippen molar-refractivity contribution in [3.8, 4) is 11.3 Å². The number of halogens is 3. The Kier molecular flexibility index (Phi) is 4.62. The number of hydrogen-bond donors (Lipinski definition) is 3. The molecule has 2 amide bonds. The van der Waals surface area contributed by atoms with Crippen molar-refractivity contribution in [2.75, 3.05) is 10.6 Å². The third kappa shape index (κ3) is 4.10. The van der Waals surface area contributed by atoms with Crippen LogP contribution in [0.4, 0.5) is 25.1 Å². The normalized spacial score (nSPS) is 10.6. The lowest BCUT2D eigenvalue weighted by molar-refractivity contribution is 0.262. The van der Waals surface area contributed by atoms with Crippen LogP contribution in [0.3, 0.4) is 0 Å². The van der Waals surface area contributed by atoms with Crippen molar-refractivity contribution in [2.45, 2.75) is 6.92 Å². The van der Waals surface area contributed by atoms with Gasteiger partial charge in [0.1, 0.15) is 16.8 Å². The zero-order chi connectivity index (χ0) is 18.0. The first-order chi connectivity index (χ1) is 11.9. The summed E-state index contributed by atoms with van der Waals surface area (Å²) < 4.78 is 26.5. The lowest BCUT2D eigenvalue weighted by atomic mass is 10.1. The summed E-state index contributed by atoms with van der Waals surface area (Å²) in [6.45, 7) is 1.77. The summed E-state index contributed by atoms with van der Waals surface area (Å²) in [6.07, 6.45) is 1.53. The van der Waals surface area contributed by atoms with Gasteiger partial charge in [-0.1, -0.05) is 11.6 Å². The second kappa shape index (κ2) is 6.86. The fourth-order valence-electron chi connectivity index (χ4n) is 2.15. The van der Waals surface area contributed by atoms with E-state index in [-0.39, 0.29) is 16.5 Å². The molecule has 0 atom stereocenters. The standard InChI is InChI=1S/C16H12ClF2N5O/c1-8-7-20-14(17)5-12(8)21-16(25)22-15-6-13(23-24-15)9-2-10(18)4-11(19)3-9/h2-7H,1H3,(H3,20,21,22,23,24,25). The van der Waals surface area contributed by atoms with Gasteiger partial charge in [-0.2, -0.15) is 5.10 Å². The van der Waals surface area contributed by atoms with Crippen LogP contribution in [0.2, 0.25) is 5.15 Å². The average molecular weight is 364 g/mol. The number of benzene rings is 1. The van der Waals surface area contributed by atoms with Gasteiger partial charge in [0.15, 0.2) is 5.82 Å². The van der Waals surface area contributed by atoms with E-state index < -0.39 is 17.7 Å². The van der Waals surface area contributed by atoms with Gasteiger partial charge in [-0.15, -0.1) is 0 Å². The number of aromatic amines is 1. The average Bonchev–Trinajstić information content (AvgIpc) is 2.98. The number of amides is 2. The topological polar surface area (TPSA) is 82.7 Å². The number of nitrogens with one attached hydrogen (secondary N) is 3. The van der Waals surface area contributed by atoms with E-state index in [1.807, 2.05) is 0 Å². The number of aromatic nitrogens is 3. The number of hydrogen-bond acceptors (Lipinski definition) is 3. The first-order valence-electron chi connectivity index (χ1n) is 7.13. The summed E-state index contributed by atoms with van der Waals surface area (Å²) in [5.74, 6) is -1.22. The van der Waals surface area contributed by atoms with Crippen LogP contribution in [-0.2, 0) is 0 Å². The molecule has 3 aromatic rings. The maximum atomic E-state index is 13.3. The number of aryl methyl sites for hydroxylation is 1. The molecule has 0 aliphatic rings. The first-order valence-corrected chi connectivity index (χ1v) is 7.50. The van der Waals surface area contributed by atoms with E-state index in [1.54, 1.807) is 6.92 Å². The van der Waals surface area contributed by atoms with E-state index in [1.165, 1.54) is 18.3 Å². The van der Waals surface area contributed by atoms with E-state index in [2.05, 4.69) is 25.8 Å². The van der Waals surface area contributed by atoms with Gasteiger partial charge in [0, 0.05) is 29.6 Å². The van der Waals surface area contributed by atoms with Gasteiger partial charge < -0.3 is 5.32 Å². The molecular weight excluding hydrogens is 352 g/mol. The molecule has 6 nitrogen and oxygen atoms in total. The Morgan fingerprint density at radius 1 is 1.12 bits per heavy atom. The molecule has 9 heteroatoms. The lowest BCUT2D eigenvalue weighted by Gasteiger charge is -2.08. The molecule has 25 heavy (non-hydrogen) atoms. The molecule has 3 N–H and O–H groups in total. The lowest BCUT2D eigenvalue weighted by Crippen LogP contribution is -2.20. The summed E-state index contributed by atoms with van der Waals surface area (Å²) in [5.41, 5.74) is 1.87. The minimum absolute atomic E-state index is 0.190. The highest BCUT2D eigenvalue weighted by Gasteiger charge is 2.10. The van der Waals surface area contributed by atoms with E-state index in [0.717, 1.165) is 23.8 Å². The van der Waals surface area contributed by atoms with E-state index >= 15 is 0 Å². The molecule has 0 radical (unpaired) electrons. The second-order valence-corrected chi connectivity index (χ2v) is 5.61. The molecule has 2 heterocycles. The summed E-state index contributed by atoms with van der Waals surface area (Å²) in [5, 5.41) is 11.9. The van der Waals surface area contributed by atoms with Crippen LogP contribution >= 0.6 is 11.6 Å². The number of carbonyl (C=O) groups is 1. The largest absolute Gasteiger partial charge is 0.324 e. The monoisotopic (exact) mass is 363 g/mol. The summed E-state index contributed by atoms with van der Waals surface area (Å²) in [7, 11) is 0. The minimum atomic E-state index is -0.707. The molecule has 0 spiro atoms. The Bertz CT molecular complexity index is 924. The Labute approximate surface area is 146 Å². The highest BCUT2D eigenvalue weighted by Crippen LogP contribution is 2.22. The zero-order valence-electron chi connectivity index (χ0n) is 12.9. The zero-order valence-corrected chi connectivity index (χ0v) is 13.7. The van der Waals surface area contributed by atoms with Gasteiger partial charge >= 0.3 is 6.03 Å². The van der Waals surface area contributed by atoms with E-state index in [9.17, 15) is 13.6 Å². The number of carbonyl (C=O) groups excluding carboxylic acids is 1. The fraction of sp³-hybridized carbons (Fsp3) is 0.0625. The maximum Gasteiger partial charge on any atom is 0.324 e. The van der Waals surface area contributed by atoms with Gasteiger partial charge in [-0.3, -0.25) is 10.4 Å². The molecule has 2 aromatic heterocycles. The summed E-state index contributed by atoms with van der Waals surface area (Å²) >= 11 is 5.80. The van der Waals surface area contributed by atoms with Gasteiger partial charge in [0.05, 0.1) is 5.69 Å². The number of urea groups is 1. The number of anilines is 2. The van der Waals surface area contributed by atoms with Crippen molar-refractivity contribution in [3.63, 3.8) is 0 Å². The van der Waals surface area contributed by atoms with Crippen LogP contribution in [0, 0.1) is 18.6 Å². The molecule has 0 aliphatic carbocycles. The third-order valence-electron chi connectivity index (χ3n) is 3.31. The van der Waals surface area contributed by atoms with Gasteiger partial charge in [-0.05, 0) is 30.7 Å². The quantitative estimate of drug-likeness (QED) is 0.605. The van der Waals surface area contributed by atoms with Crippen molar-refractivity contribution in [1.29, 1.82) is 0 Å². The Hall–Kier alpha value is -3.00. The Morgan fingerprint density at radius 3 is 2.56 bits per heavy atom. The summed E-state index contributed by atoms with van der Waals surface area (Å²) in [4.78, 5) is 15.9. The van der Waals surface area contributed by atoms with Crippen LogP contribution in [0.1, 0.15) is 5.56 Å².